The van der Waals surface area contributed by atoms with E-state index in [1.165, 1.54) is 18.2 Å². The summed E-state index contributed by atoms with van der Waals surface area (Å²) in [6, 6.07) is 6.25. The molecule has 0 unspecified atom stereocenters. The minimum Gasteiger partial charge on any atom is -0.387 e. The molecule has 18 heavy (non-hydrogen) atoms. The first-order valence-electron chi connectivity index (χ1n) is 6.08. The highest BCUT2D eigenvalue weighted by Gasteiger charge is 2.43. The van der Waals surface area contributed by atoms with Gasteiger partial charge in [-0.3, -0.25) is 4.90 Å². The van der Waals surface area contributed by atoms with Gasteiger partial charge in [0, 0.05) is 19.6 Å². The first-order valence-corrected chi connectivity index (χ1v) is 6.08. The van der Waals surface area contributed by atoms with Gasteiger partial charge in [0.25, 0.3) is 0 Å². The Morgan fingerprint density at radius 3 is 2.72 bits per heavy atom. The number of hydrogen-bond acceptors (Lipinski definition) is 3. The van der Waals surface area contributed by atoms with Crippen molar-refractivity contribution in [1.82, 2.24) is 4.90 Å². The summed E-state index contributed by atoms with van der Waals surface area (Å²) in [4.78, 5) is 2.02. The zero-order valence-electron chi connectivity index (χ0n) is 10.7. The number of β-amino-alcohol motifs (C(OH)–C–C–N with tert-alkyl or cyclic N) is 1. The fourth-order valence-electron chi connectivity index (χ4n) is 2.25. The number of halogens is 1. The maximum atomic E-state index is 13.2. The lowest BCUT2D eigenvalue weighted by Crippen LogP contribution is -2.63. The van der Waals surface area contributed by atoms with Crippen LogP contribution in [0.2, 0.25) is 0 Å². The van der Waals surface area contributed by atoms with Crippen LogP contribution in [-0.4, -0.2) is 28.7 Å². The second-order valence-electron chi connectivity index (χ2n) is 5.32. The summed E-state index contributed by atoms with van der Waals surface area (Å²) in [5.74, 6) is -0.125. The number of rotatable bonds is 3. The van der Waals surface area contributed by atoms with Crippen molar-refractivity contribution in [2.45, 2.75) is 26.0 Å². The standard InChI is InChI=1S/C14H17FN2O/c1-10(2)14(18)8-17(9-14)7-12-5-13(15)4-3-11(12)6-16/h3-5,10,18H,7-9H2,1-2H3. The highest BCUT2D eigenvalue weighted by Crippen LogP contribution is 2.30. The van der Waals surface area contributed by atoms with E-state index >= 15 is 0 Å². The molecule has 1 aromatic carbocycles. The molecule has 0 aromatic heterocycles. The molecule has 2 rings (SSSR count). The Morgan fingerprint density at radius 2 is 2.17 bits per heavy atom. The van der Waals surface area contributed by atoms with Crippen molar-refractivity contribution in [2.24, 2.45) is 5.92 Å². The van der Waals surface area contributed by atoms with Crippen molar-refractivity contribution in [1.29, 1.82) is 5.26 Å². The Balaban J connectivity index is 2.05. The molecule has 1 N–H and O–H groups in total. The molecule has 0 amide bonds. The maximum absolute atomic E-state index is 13.2. The molecule has 1 aliphatic heterocycles. The molecular weight excluding hydrogens is 231 g/mol. The van der Waals surface area contributed by atoms with Crippen molar-refractivity contribution >= 4 is 0 Å². The number of nitrogens with zero attached hydrogens (tertiary/aromatic N) is 2. The van der Waals surface area contributed by atoms with Gasteiger partial charge in [-0.25, -0.2) is 4.39 Å². The van der Waals surface area contributed by atoms with Gasteiger partial charge in [0.15, 0.2) is 0 Å². The Labute approximate surface area is 106 Å². The van der Waals surface area contributed by atoms with Crippen molar-refractivity contribution in [3.8, 4) is 6.07 Å². The van der Waals surface area contributed by atoms with E-state index in [-0.39, 0.29) is 11.7 Å². The van der Waals surface area contributed by atoms with Crippen molar-refractivity contribution in [3.05, 3.63) is 35.1 Å². The molecule has 0 saturated carbocycles. The van der Waals surface area contributed by atoms with Gasteiger partial charge in [0.05, 0.1) is 17.2 Å². The van der Waals surface area contributed by atoms with Gasteiger partial charge < -0.3 is 5.11 Å². The average Bonchev–Trinajstić information content (AvgIpc) is 2.27. The summed E-state index contributed by atoms with van der Waals surface area (Å²) in [5.41, 5.74) is 0.542. The second-order valence-corrected chi connectivity index (χ2v) is 5.32. The summed E-state index contributed by atoms with van der Waals surface area (Å²) >= 11 is 0. The third-order valence-electron chi connectivity index (χ3n) is 3.65. The zero-order chi connectivity index (χ0) is 13.3. The van der Waals surface area contributed by atoms with E-state index in [2.05, 4.69) is 6.07 Å². The van der Waals surface area contributed by atoms with E-state index in [1.54, 1.807) is 0 Å². The lowest BCUT2D eigenvalue weighted by Gasteiger charge is -2.49. The Kier molecular flexibility index (Phi) is 3.38. The van der Waals surface area contributed by atoms with Gasteiger partial charge in [-0.05, 0) is 29.7 Å². The van der Waals surface area contributed by atoms with Crippen LogP contribution in [0.4, 0.5) is 4.39 Å². The summed E-state index contributed by atoms with van der Waals surface area (Å²) < 4.78 is 13.2. The van der Waals surface area contributed by atoms with E-state index in [0.717, 1.165) is 0 Å². The first kappa shape index (κ1) is 13.0. The Morgan fingerprint density at radius 1 is 1.50 bits per heavy atom. The normalized spacial score (nSPS) is 18.4. The highest BCUT2D eigenvalue weighted by molar-refractivity contribution is 5.38. The van der Waals surface area contributed by atoms with Gasteiger partial charge in [-0.1, -0.05) is 13.8 Å². The molecule has 3 nitrogen and oxygen atoms in total. The van der Waals surface area contributed by atoms with E-state index in [0.29, 0.717) is 30.8 Å². The summed E-state index contributed by atoms with van der Waals surface area (Å²) in [6.45, 7) is 5.63. The van der Waals surface area contributed by atoms with Crippen molar-refractivity contribution in [2.75, 3.05) is 13.1 Å². The van der Waals surface area contributed by atoms with Gasteiger partial charge >= 0.3 is 0 Å². The molecule has 4 heteroatoms. The van der Waals surface area contributed by atoms with Crippen LogP contribution in [-0.2, 0) is 6.54 Å². The van der Waals surface area contributed by atoms with Crippen LogP contribution in [0.5, 0.6) is 0 Å². The Hall–Kier alpha value is -1.44. The third kappa shape index (κ3) is 2.38. The van der Waals surface area contributed by atoms with Gasteiger partial charge in [-0.2, -0.15) is 5.26 Å². The van der Waals surface area contributed by atoms with Crippen molar-refractivity contribution in [3.63, 3.8) is 0 Å². The number of nitriles is 1. The molecule has 1 fully saturated rings. The third-order valence-corrected chi connectivity index (χ3v) is 3.65. The predicted molar refractivity (Wildman–Crippen MR) is 66.2 cm³/mol. The predicted octanol–water partition coefficient (Wildman–Crippen LogP) is 1.90. The molecule has 0 atom stereocenters. The number of likely N-dealkylation sites (tertiary alicyclic amines) is 1. The highest BCUT2D eigenvalue weighted by atomic mass is 19.1. The van der Waals surface area contributed by atoms with Crippen LogP contribution >= 0.6 is 0 Å². The van der Waals surface area contributed by atoms with Crippen LogP contribution in [0, 0.1) is 23.1 Å². The maximum Gasteiger partial charge on any atom is 0.123 e. The summed E-state index contributed by atoms with van der Waals surface area (Å²) in [6.07, 6.45) is 0. The molecule has 1 aliphatic rings. The molecule has 0 bridgehead atoms. The van der Waals surface area contributed by atoms with E-state index in [1.807, 2.05) is 18.7 Å². The largest absolute Gasteiger partial charge is 0.387 e. The van der Waals surface area contributed by atoms with E-state index in [4.69, 9.17) is 5.26 Å². The lowest BCUT2D eigenvalue weighted by molar-refractivity contribution is -0.130. The fraction of sp³-hybridized carbons (Fsp3) is 0.500. The topological polar surface area (TPSA) is 47.3 Å². The molecule has 1 aromatic rings. The molecule has 0 spiro atoms. The quantitative estimate of drug-likeness (QED) is 0.888. The average molecular weight is 248 g/mol. The van der Waals surface area contributed by atoms with Crippen LogP contribution in [0.1, 0.15) is 25.0 Å². The monoisotopic (exact) mass is 248 g/mol. The smallest absolute Gasteiger partial charge is 0.123 e. The molecule has 0 aliphatic carbocycles. The van der Waals surface area contributed by atoms with Crippen LogP contribution in [0.15, 0.2) is 18.2 Å². The Bertz CT molecular complexity index is 487. The number of benzene rings is 1. The van der Waals surface area contributed by atoms with Gasteiger partial charge in [0.2, 0.25) is 0 Å². The summed E-state index contributed by atoms with van der Waals surface area (Å²) in [5, 5.41) is 19.1. The summed E-state index contributed by atoms with van der Waals surface area (Å²) in [7, 11) is 0. The molecule has 0 radical (unpaired) electrons. The number of hydrogen-bond donors (Lipinski definition) is 1. The second kappa shape index (κ2) is 4.68. The fourth-order valence-corrected chi connectivity index (χ4v) is 2.25. The minimum absolute atomic E-state index is 0.205. The van der Waals surface area contributed by atoms with Crippen LogP contribution in [0.3, 0.4) is 0 Å². The van der Waals surface area contributed by atoms with Crippen LogP contribution < -0.4 is 0 Å². The zero-order valence-corrected chi connectivity index (χ0v) is 10.7. The number of aliphatic hydroxyl groups is 1. The van der Waals surface area contributed by atoms with Gasteiger partial charge in [0.1, 0.15) is 5.82 Å². The molecule has 1 saturated heterocycles. The van der Waals surface area contributed by atoms with Gasteiger partial charge in [-0.15, -0.1) is 0 Å². The van der Waals surface area contributed by atoms with E-state index < -0.39 is 5.60 Å². The SMILES string of the molecule is CC(C)C1(O)CN(Cc2cc(F)ccc2C#N)C1. The molecule has 96 valence electrons. The minimum atomic E-state index is -0.639. The van der Waals surface area contributed by atoms with Crippen molar-refractivity contribution < 1.29 is 9.50 Å². The lowest BCUT2D eigenvalue weighted by atomic mass is 9.82. The molecular formula is C14H17FN2O. The molecule has 1 heterocycles. The first-order chi connectivity index (χ1) is 8.44. The van der Waals surface area contributed by atoms with Crippen LogP contribution in [0.25, 0.3) is 0 Å². The van der Waals surface area contributed by atoms with E-state index in [9.17, 15) is 9.50 Å².